The lowest BCUT2D eigenvalue weighted by Crippen LogP contribution is -2.38. The molecule has 0 aliphatic rings. The van der Waals surface area contributed by atoms with Crippen LogP contribution in [0.3, 0.4) is 0 Å². The van der Waals surface area contributed by atoms with Gasteiger partial charge in [0.2, 0.25) is 5.91 Å². The van der Waals surface area contributed by atoms with E-state index in [2.05, 4.69) is 0 Å². The van der Waals surface area contributed by atoms with Gasteiger partial charge in [0.15, 0.2) is 0 Å². The molecule has 1 aromatic rings. The van der Waals surface area contributed by atoms with E-state index >= 15 is 0 Å². The molecule has 0 spiro atoms. The molecule has 142 valence electrons. The maximum absolute atomic E-state index is 11.8. The number of carbonyl (C=O) groups is 1. The zero-order valence-electron chi connectivity index (χ0n) is 15.3. The van der Waals surface area contributed by atoms with Gasteiger partial charge in [0.05, 0.1) is 18.8 Å². The number of carbonyl (C=O) groups excluding carboxylic acids is 1. The summed E-state index contributed by atoms with van der Waals surface area (Å²) in [7, 11) is 0. The average Bonchev–Trinajstić information content (AvgIpc) is 2.61. The summed E-state index contributed by atoms with van der Waals surface area (Å²) < 4.78 is 0. The third-order valence-electron chi connectivity index (χ3n) is 4.40. The van der Waals surface area contributed by atoms with Crippen molar-refractivity contribution >= 4 is 5.91 Å². The molecule has 0 aromatic heterocycles. The Kier molecular flexibility index (Phi) is 11.1. The summed E-state index contributed by atoms with van der Waals surface area (Å²) in [4.78, 5) is 13.3. The molecule has 1 amide bonds. The second-order valence-corrected chi connectivity index (χ2v) is 6.64. The molecule has 5 nitrogen and oxygen atoms in total. The molecule has 0 fully saturated rings. The largest absolute Gasteiger partial charge is 0.396 e. The molecule has 0 saturated heterocycles. The molecule has 1 aromatic carbocycles. The summed E-state index contributed by atoms with van der Waals surface area (Å²) in [5.41, 5.74) is 0.770. The van der Waals surface area contributed by atoms with Crippen molar-refractivity contribution in [3.05, 3.63) is 35.9 Å². The molecule has 2 unspecified atom stereocenters. The Bertz CT molecular complexity index is 466. The van der Waals surface area contributed by atoms with Gasteiger partial charge in [-0.15, -0.1) is 0 Å². The molecule has 0 radical (unpaired) electrons. The fourth-order valence-corrected chi connectivity index (χ4v) is 2.87. The van der Waals surface area contributed by atoms with Crippen LogP contribution < -0.4 is 0 Å². The standard InChI is InChI=1S/C20H33NO4/c1-17(23)21(16-20(25)18-11-7-6-8-12-18)15-19(24)13-9-4-2-3-5-10-14-22/h6-8,11-12,19-20,22,24-25H,2-5,9-10,13-16H2,1H3. The van der Waals surface area contributed by atoms with Gasteiger partial charge in [0.25, 0.3) is 0 Å². The van der Waals surface area contributed by atoms with Crippen LogP contribution in [0.25, 0.3) is 0 Å². The third kappa shape index (κ3) is 9.58. The SMILES string of the molecule is CC(=O)N(CC(O)CCCCCCCCO)CC(O)c1ccccc1. The van der Waals surface area contributed by atoms with Crippen molar-refractivity contribution in [3.63, 3.8) is 0 Å². The zero-order chi connectivity index (χ0) is 18.5. The van der Waals surface area contributed by atoms with Gasteiger partial charge in [0.1, 0.15) is 0 Å². The Balaban J connectivity index is 2.30. The Morgan fingerprint density at radius 2 is 1.56 bits per heavy atom. The maximum Gasteiger partial charge on any atom is 0.219 e. The summed E-state index contributed by atoms with van der Waals surface area (Å²) in [6.45, 7) is 2.17. The number of aliphatic hydroxyl groups is 3. The molecular weight excluding hydrogens is 318 g/mol. The highest BCUT2D eigenvalue weighted by atomic mass is 16.3. The normalized spacial score (nSPS) is 13.4. The molecular formula is C20H33NO4. The zero-order valence-corrected chi connectivity index (χ0v) is 15.3. The highest BCUT2D eigenvalue weighted by Crippen LogP contribution is 2.15. The van der Waals surface area contributed by atoms with Gasteiger partial charge in [0, 0.05) is 20.1 Å². The number of nitrogens with zero attached hydrogens (tertiary/aromatic N) is 1. The summed E-state index contributed by atoms with van der Waals surface area (Å²) in [5, 5.41) is 29.2. The van der Waals surface area contributed by atoms with E-state index in [0.29, 0.717) is 6.42 Å². The van der Waals surface area contributed by atoms with E-state index in [1.807, 2.05) is 30.3 Å². The third-order valence-corrected chi connectivity index (χ3v) is 4.40. The lowest BCUT2D eigenvalue weighted by atomic mass is 10.1. The van der Waals surface area contributed by atoms with Crippen LogP contribution in [0.5, 0.6) is 0 Å². The van der Waals surface area contributed by atoms with Gasteiger partial charge in [-0.2, -0.15) is 0 Å². The summed E-state index contributed by atoms with van der Waals surface area (Å²) in [5.74, 6) is -0.141. The average molecular weight is 351 g/mol. The van der Waals surface area contributed by atoms with Crippen LogP contribution in [0.15, 0.2) is 30.3 Å². The van der Waals surface area contributed by atoms with E-state index in [1.54, 1.807) is 0 Å². The van der Waals surface area contributed by atoms with Crippen molar-refractivity contribution < 1.29 is 20.1 Å². The van der Waals surface area contributed by atoms with E-state index in [-0.39, 0.29) is 25.6 Å². The minimum Gasteiger partial charge on any atom is -0.396 e. The fourth-order valence-electron chi connectivity index (χ4n) is 2.87. The smallest absolute Gasteiger partial charge is 0.219 e. The molecule has 0 aliphatic carbocycles. The molecule has 3 N–H and O–H groups in total. The lowest BCUT2D eigenvalue weighted by molar-refractivity contribution is -0.131. The Labute approximate surface area is 151 Å². The summed E-state index contributed by atoms with van der Waals surface area (Å²) >= 11 is 0. The Hall–Kier alpha value is -1.43. The molecule has 0 saturated carbocycles. The topological polar surface area (TPSA) is 81.0 Å². The predicted molar refractivity (Wildman–Crippen MR) is 99.1 cm³/mol. The fraction of sp³-hybridized carbons (Fsp3) is 0.650. The predicted octanol–water partition coefficient (Wildman–Crippen LogP) is 2.65. The molecule has 5 heteroatoms. The number of hydrogen-bond donors (Lipinski definition) is 3. The van der Waals surface area contributed by atoms with Crippen molar-refractivity contribution in [3.8, 4) is 0 Å². The van der Waals surface area contributed by atoms with Gasteiger partial charge >= 0.3 is 0 Å². The second-order valence-electron chi connectivity index (χ2n) is 6.64. The van der Waals surface area contributed by atoms with Gasteiger partial charge in [-0.05, 0) is 18.4 Å². The van der Waals surface area contributed by atoms with Crippen molar-refractivity contribution in [1.29, 1.82) is 0 Å². The van der Waals surface area contributed by atoms with Crippen molar-refractivity contribution in [1.82, 2.24) is 4.90 Å². The van der Waals surface area contributed by atoms with Crippen molar-refractivity contribution in [2.24, 2.45) is 0 Å². The van der Waals surface area contributed by atoms with Gasteiger partial charge in [-0.1, -0.05) is 62.4 Å². The van der Waals surface area contributed by atoms with Crippen LogP contribution in [0, 0.1) is 0 Å². The van der Waals surface area contributed by atoms with Gasteiger partial charge in [-0.25, -0.2) is 0 Å². The molecule has 2 atom stereocenters. The number of benzene rings is 1. The molecule has 25 heavy (non-hydrogen) atoms. The maximum atomic E-state index is 11.8. The molecule has 0 bridgehead atoms. The van der Waals surface area contributed by atoms with E-state index < -0.39 is 12.2 Å². The van der Waals surface area contributed by atoms with Crippen LogP contribution in [-0.4, -0.2) is 51.9 Å². The highest BCUT2D eigenvalue weighted by molar-refractivity contribution is 5.73. The summed E-state index contributed by atoms with van der Waals surface area (Å²) in [6.07, 6.45) is 5.45. The molecule has 1 rings (SSSR count). The van der Waals surface area contributed by atoms with Gasteiger partial charge < -0.3 is 20.2 Å². The van der Waals surface area contributed by atoms with Crippen LogP contribution >= 0.6 is 0 Å². The first-order valence-electron chi connectivity index (χ1n) is 9.32. The quantitative estimate of drug-likeness (QED) is 0.477. The van der Waals surface area contributed by atoms with Crippen LogP contribution in [-0.2, 0) is 4.79 Å². The second kappa shape index (κ2) is 12.9. The van der Waals surface area contributed by atoms with E-state index in [9.17, 15) is 15.0 Å². The monoisotopic (exact) mass is 351 g/mol. The van der Waals surface area contributed by atoms with Crippen LogP contribution in [0.4, 0.5) is 0 Å². The summed E-state index contributed by atoms with van der Waals surface area (Å²) in [6, 6.07) is 9.25. The molecule has 0 heterocycles. The number of rotatable bonds is 13. The van der Waals surface area contributed by atoms with Crippen molar-refractivity contribution in [2.45, 2.75) is 64.1 Å². The number of unbranched alkanes of at least 4 members (excludes halogenated alkanes) is 5. The van der Waals surface area contributed by atoms with Crippen molar-refractivity contribution in [2.75, 3.05) is 19.7 Å². The molecule has 0 aliphatic heterocycles. The van der Waals surface area contributed by atoms with Gasteiger partial charge in [-0.3, -0.25) is 4.79 Å². The highest BCUT2D eigenvalue weighted by Gasteiger charge is 2.18. The number of amides is 1. The van der Waals surface area contributed by atoms with E-state index in [0.717, 1.165) is 44.1 Å². The first-order valence-corrected chi connectivity index (χ1v) is 9.32. The number of aliphatic hydroxyl groups excluding tert-OH is 3. The first-order chi connectivity index (χ1) is 12.0. The van der Waals surface area contributed by atoms with Crippen LogP contribution in [0.2, 0.25) is 0 Å². The Morgan fingerprint density at radius 3 is 2.16 bits per heavy atom. The minimum atomic E-state index is -0.746. The Morgan fingerprint density at radius 1 is 0.960 bits per heavy atom. The van der Waals surface area contributed by atoms with Crippen LogP contribution in [0.1, 0.15) is 63.5 Å². The number of hydrogen-bond acceptors (Lipinski definition) is 4. The minimum absolute atomic E-state index is 0.141. The first kappa shape index (κ1) is 21.6. The van der Waals surface area contributed by atoms with E-state index in [4.69, 9.17) is 5.11 Å². The van der Waals surface area contributed by atoms with E-state index in [1.165, 1.54) is 11.8 Å². The lowest BCUT2D eigenvalue weighted by Gasteiger charge is -2.26.